The summed E-state index contributed by atoms with van der Waals surface area (Å²) in [6.45, 7) is 1.08. The average molecular weight is 375 g/mol. The molecule has 0 unspecified atom stereocenters. The van der Waals surface area contributed by atoms with E-state index in [-0.39, 0.29) is 6.10 Å². The lowest BCUT2D eigenvalue weighted by Crippen LogP contribution is -2.21. The summed E-state index contributed by atoms with van der Waals surface area (Å²) in [5, 5.41) is 8.64. The average Bonchev–Trinajstić information content (AvgIpc) is 3.41. The van der Waals surface area contributed by atoms with Crippen LogP contribution in [0.4, 0.5) is 0 Å². The fraction of sp³-hybridized carbons (Fsp3) is 0.200. The van der Waals surface area contributed by atoms with Crippen LogP contribution >= 0.6 is 0 Å². The SMILES string of the molecule is COc1ccc([C@@H]2Cn3nc(-c4nc(-c5ccccn5)no4)cc3CO2)cc1. The van der Waals surface area contributed by atoms with Crippen LogP contribution < -0.4 is 4.74 Å². The lowest BCUT2D eigenvalue weighted by molar-refractivity contribution is -0.00115. The minimum atomic E-state index is -0.0714. The highest BCUT2D eigenvalue weighted by Crippen LogP contribution is 2.30. The summed E-state index contributed by atoms with van der Waals surface area (Å²) < 4.78 is 18.5. The van der Waals surface area contributed by atoms with Crippen molar-refractivity contribution in [1.82, 2.24) is 24.9 Å². The van der Waals surface area contributed by atoms with Gasteiger partial charge in [0, 0.05) is 6.20 Å². The first-order valence-corrected chi connectivity index (χ1v) is 8.88. The predicted molar refractivity (Wildman–Crippen MR) is 99.3 cm³/mol. The summed E-state index contributed by atoms with van der Waals surface area (Å²) in [5.74, 6) is 1.62. The predicted octanol–water partition coefficient (Wildman–Crippen LogP) is 3.28. The fourth-order valence-corrected chi connectivity index (χ4v) is 3.18. The third-order valence-electron chi connectivity index (χ3n) is 4.66. The zero-order valence-electron chi connectivity index (χ0n) is 15.1. The molecule has 0 radical (unpaired) electrons. The number of aromatic nitrogens is 5. The van der Waals surface area contributed by atoms with Crippen LogP contribution in [0.1, 0.15) is 17.4 Å². The van der Waals surface area contributed by atoms with Crippen molar-refractivity contribution in [1.29, 1.82) is 0 Å². The van der Waals surface area contributed by atoms with Crippen molar-refractivity contribution < 1.29 is 14.0 Å². The molecule has 8 heteroatoms. The van der Waals surface area contributed by atoms with Gasteiger partial charge in [-0.3, -0.25) is 9.67 Å². The number of methoxy groups -OCH3 is 1. The highest BCUT2D eigenvalue weighted by molar-refractivity contribution is 5.54. The van der Waals surface area contributed by atoms with Crippen LogP contribution in [0, 0.1) is 0 Å². The van der Waals surface area contributed by atoms with E-state index in [9.17, 15) is 0 Å². The van der Waals surface area contributed by atoms with Gasteiger partial charge >= 0.3 is 0 Å². The molecule has 140 valence electrons. The maximum atomic E-state index is 6.01. The molecule has 4 aromatic rings. The molecule has 28 heavy (non-hydrogen) atoms. The standard InChI is InChI=1S/C20H17N5O3/c1-26-15-7-5-13(6-8-15)18-11-25-14(12-27-18)10-17(23-25)20-22-19(24-28-20)16-4-2-3-9-21-16/h2-10,18H,11-12H2,1H3/t18-/m0/s1. The van der Waals surface area contributed by atoms with E-state index in [1.807, 2.05) is 53.2 Å². The molecule has 0 amide bonds. The summed E-state index contributed by atoms with van der Waals surface area (Å²) in [7, 11) is 1.65. The zero-order valence-corrected chi connectivity index (χ0v) is 15.1. The zero-order chi connectivity index (χ0) is 18.9. The Morgan fingerprint density at radius 1 is 1.11 bits per heavy atom. The van der Waals surface area contributed by atoms with Crippen LogP contribution in [0.25, 0.3) is 23.1 Å². The van der Waals surface area contributed by atoms with E-state index < -0.39 is 0 Å². The number of fused-ring (bicyclic) bond motifs is 1. The van der Waals surface area contributed by atoms with Crippen LogP contribution in [0.3, 0.4) is 0 Å². The van der Waals surface area contributed by atoms with Gasteiger partial charge in [-0.25, -0.2) is 0 Å². The molecule has 0 N–H and O–H groups in total. The van der Waals surface area contributed by atoms with Gasteiger partial charge in [0.1, 0.15) is 17.5 Å². The Labute approximate surface area is 160 Å². The molecular formula is C20H17N5O3. The Morgan fingerprint density at radius 3 is 2.79 bits per heavy atom. The molecule has 0 aliphatic carbocycles. The Bertz CT molecular complexity index is 1090. The second kappa shape index (κ2) is 6.90. The number of rotatable bonds is 4. The first-order valence-electron chi connectivity index (χ1n) is 8.88. The topological polar surface area (TPSA) is 88.1 Å². The van der Waals surface area contributed by atoms with Crippen molar-refractivity contribution in [2.75, 3.05) is 7.11 Å². The molecule has 1 aromatic carbocycles. The molecule has 0 fully saturated rings. The van der Waals surface area contributed by atoms with E-state index in [2.05, 4.69) is 20.2 Å². The number of hydrogen-bond acceptors (Lipinski definition) is 7. The van der Waals surface area contributed by atoms with Gasteiger partial charge in [0.15, 0.2) is 5.69 Å². The Kier molecular flexibility index (Phi) is 4.10. The molecule has 3 aromatic heterocycles. The van der Waals surface area contributed by atoms with E-state index in [1.54, 1.807) is 13.3 Å². The molecule has 1 aliphatic rings. The molecule has 0 spiro atoms. The fourth-order valence-electron chi connectivity index (χ4n) is 3.18. The van der Waals surface area contributed by atoms with E-state index in [0.29, 0.717) is 36.3 Å². The summed E-state index contributed by atoms with van der Waals surface area (Å²) in [6, 6.07) is 15.4. The maximum Gasteiger partial charge on any atom is 0.278 e. The van der Waals surface area contributed by atoms with Gasteiger partial charge in [-0.15, -0.1) is 0 Å². The molecule has 0 saturated heterocycles. The molecule has 4 heterocycles. The van der Waals surface area contributed by atoms with Gasteiger partial charge < -0.3 is 14.0 Å². The summed E-state index contributed by atoms with van der Waals surface area (Å²) in [5.41, 5.74) is 3.34. The van der Waals surface area contributed by atoms with Crippen molar-refractivity contribution in [3.8, 4) is 28.9 Å². The van der Waals surface area contributed by atoms with Gasteiger partial charge in [0.05, 0.1) is 26.0 Å². The van der Waals surface area contributed by atoms with E-state index >= 15 is 0 Å². The van der Waals surface area contributed by atoms with Crippen molar-refractivity contribution in [2.45, 2.75) is 19.3 Å². The summed E-state index contributed by atoms with van der Waals surface area (Å²) >= 11 is 0. The second-order valence-electron chi connectivity index (χ2n) is 6.41. The molecule has 1 atom stereocenters. The summed E-state index contributed by atoms with van der Waals surface area (Å²) in [4.78, 5) is 8.66. The molecule has 0 bridgehead atoms. The highest BCUT2D eigenvalue weighted by atomic mass is 16.5. The normalized spacial score (nSPS) is 16.0. The molecule has 8 nitrogen and oxygen atoms in total. The summed E-state index contributed by atoms with van der Waals surface area (Å²) in [6.07, 6.45) is 1.62. The monoisotopic (exact) mass is 375 g/mol. The lowest BCUT2D eigenvalue weighted by Gasteiger charge is -2.24. The first kappa shape index (κ1) is 16.6. The highest BCUT2D eigenvalue weighted by Gasteiger charge is 2.24. The van der Waals surface area contributed by atoms with Crippen molar-refractivity contribution in [2.24, 2.45) is 0 Å². The Hall–Kier alpha value is -3.52. The molecule has 1 aliphatic heterocycles. The van der Waals surface area contributed by atoms with Crippen LogP contribution in [0.2, 0.25) is 0 Å². The second-order valence-corrected chi connectivity index (χ2v) is 6.41. The van der Waals surface area contributed by atoms with Crippen molar-refractivity contribution in [3.05, 3.63) is 66.0 Å². The minimum Gasteiger partial charge on any atom is -0.497 e. The van der Waals surface area contributed by atoms with E-state index in [1.165, 1.54) is 0 Å². The number of benzene rings is 1. The van der Waals surface area contributed by atoms with Crippen molar-refractivity contribution in [3.63, 3.8) is 0 Å². The quantitative estimate of drug-likeness (QED) is 0.541. The largest absolute Gasteiger partial charge is 0.497 e. The first-order chi connectivity index (χ1) is 13.8. The molecule has 0 saturated carbocycles. The molecule has 5 rings (SSSR count). The molecular weight excluding hydrogens is 358 g/mol. The smallest absolute Gasteiger partial charge is 0.278 e. The number of ether oxygens (including phenoxy) is 2. The van der Waals surface area contributed by atoms with Gasteiger partial charge in [0.25, 0.3) is 5.89 Å². The Balaban J connectivity index is 1.38. The van der Waals surface area contributed by atoms with Gasteiger partial charge in [-0.1, -0.05) is 23.4 Å². The minimum absolute atomic E-state index is 0.0714. The van der Waals surface area contributed by atoms with Gasteiger partial charge in [0.2, 0.25) is 5.82 Å². The Morgan fingerprint density at radius 2 is 2.00 bits per heavy atom. The maximum absolute atomic E-state index is 6.01. The van der Waals surface area contributed by atoms with Crippen LogP contribution in [0.15, 0.2) is 59.3 Å². The van der Waals surface area contributed by atoms with E-state index in [0.717, 1.165) is 17.0 Å². The van der Waals surface area contributed by atoms with Crippen LogP contribution in [-0.4, -0.2) is 32.0 Å². The van der Waals surface area contributed by atoms with Crippen molar-refractivity contribution >= 4 is 0 Å². The number of pyridine rings is 1. The number of hydrogen-bond donors (Lipinski definition) is 0. The third kappa shape index (κ3) is 3.03. The lowest BCUT2D eigenvalue weighted by atomic mass is 10.1. The van der Waals surface area contributed by atoms with Crippen LogP contribution in [-0.2, 0) is 17.9 Å². The van der Waals surface area contributed by atoms with Gasteiger partial charge in [-0.05, 0) is 35.9 Å². The third-order valence-corrected chi connectivity index (χ3v) is 4.66. The van der Waals surface area contributed by atoms with E-state index in [4.69, 9.17) is 14.0 Å². The van der Waals surface area contributed by atoms with Gasteiger partial charge in [-0.2, -0.15) is 10.1 Å². The number of nitrogens with zero attached hydrogens (tertiary/aromatic N) is 5. The van der Waals surface area contributed by atoms with Crippen LogP contribution in [0.5, 0.6) is 5.75 Å².